The molecule has 2 fully saturated rings. The molecule has 0 radical (unpaired) electrons. The Morgan fingerprint density at radius 1 is 1.27 bits per heavy atom. The first-order chi connectivity index (χ1) is 12.4. The molecule has 1 saturated heterocycles. The summed E-state index contributed by atoms with van der Waals surface area (Å²) < 4.78 is 0.789. The van der Waals surface area contributed by atoms with E-state index in [1.165, 1.54) is 0 Å². The van der Waals surface area contributed by atoms with Crippen molar-refractivity contribution in [1.82, 2.24) is 16.2 Å². The summed E-state index contributed by atoms with van der Waals surface area (Å²) in [6.45, 7) is 1.23. The van der Waals surface area contributed by atoms with E-state index in [0.29, 0.717) is 23.7 Å². The molecule has 1 saturated carbocycles. The number of hydrazine groups is 1. The minimum atomic E-state index is -0.654. The highest BCUT2D eigenvalue weighted by Gasteiger charge is 2.48. The van der Waals surface area contributed by atoms with Crippen molar-refractivity contribution in [3.05, 3.63) is 27.7 Å². The van der Waals surface area contributed by atoms with Crippen LogP contribution in [-0.4, -0.2) is 30.8 Å². The SMILES string of the molecule is O=C(C[C@@]1(C(=O)C2CC2)CCNC1)NNC(=O)Nc1ccc(Br)cc1Cl. The van der Waals surface area contributed by atoms with Crippen molar-refractivity contribution in [1.29, 1.82) is 0 Å². The standard InChI is InChI=1S/C17H20BrClN4O3/c18-11-3-4-13(12(19)7-11)21-16(26)23-22-14(24)8-17(5-6-20-9-17)15(25)10-1-2-10/h3-4,7,10,20H,1-2,5-6,8-9H2,(H,22,24)(H2,21,23,26)/t17-/m0/s1. The van der Waals surface area contributed by atoms with Crippen LogP contribution in [-0.2, 0) is 9.59 Å². The second kappa shape index (κ2) is 7.94. The van der Waals surface area contributed by atoms with Gasteiger partial charge in [0.25, 0.3) is 0 Å². The van der Waals surface area contributed by atoms with Crippen LogP contribution in [0.25, 0.3) is 0 Å². The quantitative estimate of drug-likeness (QED) is 0.526. The fraction of sp³-hybridized carbons (Fsp3) is 0.471. The van der Waals surface area contributed by atoms with E-state index >= 15 is 0 Å². The average molecular weight is 444 g/mol. The van der Waals surface area contributed by atoms with Crippen molar-refractivity contribution in [3.8, 4) is 0 Å². The number of rotatable bonds is 5. The van der Waals surface area contributed by atoms with E-state index in [1.807, 2.05) is 0 Å². The van der Waals surface area contributed by atoms with Gasteiger partial charge in [-0.2, -0.15) is 0 Å². The fourth-order valence-electron chi connectivity index (χ4n) is 3.19. The molecule has 26 heavy (non-hydrogen) atoms. The Kier molecular flexibility index (Phi) is 5.84. The van der Waals surface area contributed by atoms with E-state index in [-0.39, 0.29) is 24.0 Å². The van der Waals surface area contributed by atoms with Gasteiger partial charge in [-0.25, -0.2) is 10.2 Å². The van der Waals surface area contributed by atoms with Crippen molar-refractivity contribution >= 4 is 50.9 Å². The highest BCUT2D eigenvalue weighted by atomic mass is 79.9. The van der Waals surface area contributed by atoms with E-state index in [4.69, 9.17) is 11.6 Å². The van der Waals surface area contributed by atoms with Crippen molar-refractivity contribution in [3.63, 3.8) is 0 Å². The lowest BCUT2D eigenvalue weighted by molar-refractivity contribution is -0.135. The van der Waals surface area contributed by atoms with Gasteiger partial charge in [0.1, 0.15) is 5.78 Å². The zero-order valence-corrected chi connectivity index (χ0v) is 16.4. The summed E-state index contributed by atoms with van der Waals surface area (Å²) in [6.07, 6.45) is 2.54. The molecule has 3 amide bonds. The summed E-state index contributed by atoms with van der Waals surface area (Å²) in [7, 11) is 0. The lowest BCUT2D eigenvalue weighted by atomic mass is 9.77. The zero-order chi connectivity index (χ0) is 18.7. The van der Waals surface area contributed by atoms with Crippen LogP contribution >= 0.6 is 27.5 Å². The van der Waals surface area contributed by atoms with Crippen LogP contribution in [0.3, 0.4) is 0 Å². The van der Waals surface area contributed by atoms with Gasteiger partial charge in [-0.1, -0.05) is 27.5 Å². The van der Waals surface area contributed by atoms with Crippen LogP contribution < -0.4 is 21.5 Å². The minimum absolute atomic E-state index is 0.0641. The number of nitrogens with one attached hydrogen (secondary N) is 4. The number of ketones is 1. The van der Waals surface area contributed by atoms with Crippen LogP contribution in [0.5, 0.6) is 0 Å². The molecule has 2 aliphatic rings. The van der Waals surface area contributed by atoms with E-state index in [0.717, 1.165) is 23.9 Å². The molecule has 1 atom stereocenters. The average Bonchev–Trinajstić information content (AvgIpc) is 3.34. The van der Waals surface area contributed by atoms with E-state index in [2.05, 4.69) is 37.4 Å². The first-order valence-corrected chi connectivity index (χ1v) is 9.63. The number of hydrogen-bond donors (Lipinski definition) is 4. The molecule has 9 heteroatoms. The number of amides is 3. The maximum Gasteiger partial charge on any atom is 0.337 e. The number of Topliss-reactive ketones (excluding diaryl/α,β-unsaturated/α-hetero) is 1. The van der Waals surface area contributed by atoms with Crippen molar-refractivity contribution < 1.29 is 14.4 Å². The number of carbonyl (C=O) groups excluding carboxylic acids is 3. The Bertz CT molecular complexity index is 733. The van der Waals surface area contributed by atoms with E-state index in [1.54, 1.807) is 18.2 Å². The molecule has 4 N–H and O–H groups in total. The predicted octanol–water partition coefficient (Wildman–Crippen LogP) is 2.60. The normalized spacial score (nSPS) is 21.9. The molecule has 1 aromatic rings. The van der Waals surface area contributed by atoms with Crippen molar-refractivity contribution in [2.45, 2.75) is 25.7 Å². The monoisotopic (exact) mass is 442 g/mol. The maximum absolute atomic E-state index is 12.6. The second-order valence-corrected chi connectivity index (χ2v) is 8.10. The topological polar surface area (TPSA) is 99.3 Å². The first kappa shape index (κ1) is 19.1. The van der Waals surface area contributed by atoms with E-state index < -0.39 is 11.4 Å². The summed E-state index contributed by atoms with van der Waals surface area (Å²) in [5, 5.41) is 6.09. The smallest absolute Gasteiger partial charge is 0.316 e. The Morgan fingerprint density at radius 3 is 2.65 bits per heavy atom. The fourth-order valence-corrected chi connectivity index (χ4v) is 3.91. The van der Waals surface area contributed by atoms with Gasteiger partial charge in [-0.05, 0) is 44.0 Å². The number of anilines is 1. The summed E-state index contributed by atoms with van der Waals surface area (Å²) in [6, 6.07) is 4.41. The lowest BCUT2D eigenvalue weighted by Gasteiger charge is -2.26. The molecular weight excluding hydrogens is 424 g/mol. The molecule has 0 spiro atoms. The Balaban J connectivity index is 1.51. The first-order valence-electron chi connectivity index (χ1n) is 8.45. The van der Waals surface area contributed by atoms with Crippen molar-refractivity contribution in [2.24, 2.45) is 11.3 Å². The van der Waals surface area contributed by atoms with E-state index in [9.17, 15) is 14.4 Å². The number of urea groups is 1. The summed E-state index contributed by atoms with van der Waals surface area (Å²) >= 11 is 9.32. The number of halogens is 2. The molecule has 1 aliphatic heterocycles. The highest BCUT2D eigenvalue weighted by molar-refractivity contribution is 9.10. The number of carbonyl (C=O) groups is 3. The molecule has 140 valence electrons. The summed E-state index contributed by atoms with van der Waals surface area (Å²) in [5.41, 5.74) is 4.43. The molecule has 1 heterocycles. The van der Waals surface area contributed by atoms with Gasteiger partial charge >= 0.3 is 6.03 Å². The van der Waals surface area contributed by atoms with Gasteiger partial charge in [-0.15, -0.1) is 0 Å². The Hall–Kier alpha value is -1.64. The van der Waals surface area contributed by atoms with Crippen molar-refractivity contribution in [2.75, 3.05) is 18.4 Å². The predicted molar refractivity (Wildman–Crippen MR) is 102 cm³/mol. The van der Waals surface area contributed by atoms with Crippen LogP contribution in [0.15, 0.2) is 22.7 Å². The Labute approximate surface area is 164 Å². The molecule has 3 rings (SSSR count). The molecule has 0 unspecified atom stereocenters. The third-order valence-electron chi connectivity index (χ3n) is 4.71. The number of benzene rings is 1. The lowest BCUT2D eigenvalue weighted by Crippen LogP contribution is -2.47. The number of hydrogen-bond acceptors (Lipinski definition) is 4. The van der Waals surface area contributed by atoms with Crippen LogP contribution in [0.2, 0.25) is 5.02 Å². The molecule has 7 nitrogen and oxygen atoms in total. The van der Waals surface area contributed by atoms with Gasteiger partial charge in [0.05, 0.1) is 16.1 Å². The van der Waals surface area contributed by atoms with Crippen LogP contribution in [0, 0.1) is 11.3 Å². The Morgan fingerprint density at radius 2 is 2.04 bits per heavy atom. The third-order valence-corrected chi connectivity index (χ3v) is 5.51. The summed E-state index contributed by atoms with van der Waals surface area (Å²) in [5.74, 6) is -0.123. The highest BCUT2D eigenvalue weighted by Crippen LogP contribution is 2.42. The van der Waals surface area contributed by atoms with Gasteiger partial charge in [0, 0.05) is 23.4 Å². The van der Waals surface area contributed by atoms with Gasteiger partial charge < -0.3 is 10.6 Å². The molecular formula is C17H20BrClN4O3. The molecule has 0 bridgehead atoms. The maximum atomic E-state index is 12.6. The molecule has 1 aliphatic carbocycles. The van der Waals surface area contributed by atoms with Crippen LogP contribution in [0.4, 0.5) is 10.5 Å². The van der Waals surface area contributed by atoms with Gasteiger partial charge in [0.15, 0.2) is 0 Å². The second-order valence-electron chi connectivity index (χ2n) is 6.77. The van der Waals surface area contributed by atoms with Gasteiger partial charge in [-0.3, -0.25) is 15.0 Å². The largest absolute Gasteiger partial charge is 0.337 e. The van der Waals surface area contributed by atoms with Gasteiger partial charge in [0.2, 0.25) is 5.91 Å². The molecule has 1 aromatic carbocycles. The third kappa shape index (κ3) is 4.55. The zero-order valence-electron chi connectivity index (χ0n) is 14.0. The minimum Gasteiger partial charge on any atom is -0.316 e. The molecule has 0 aromatic heterocycles. The summed E-state index contributed by atoms with van der Waals surface area (Å²) in [4.78, 5) is 36.8. The van der Waals surface area contributed by atoms with Crippen LogP contribution in [0.1, 0.15) is 25.7 Å².